The molecule has 0 aliphatic heterocycles. The van der Waals surface area contributed by atoms with E-state index in [1.807, 2.05) is 0 Å². The van der Waals surface area contributed by atoms with Crippen LogP contribution in [-0.4, -0.2) is 17.6 Å². The molecular formula is C13H10ClNO2. The first-order chi connectivity index (χ1) is 8.17. The number of carbonyl (C=O) groups excluding carboxylic acids is 1. The van der Waals surface area contributed by atoms with Gasteiger partial charge in [-0.15, -0.1) is 6.42 Å². The molecule has 17 heavy (non-hydrogen) atoms. The van der Waals surface area contributed by atoms with Crippen molar-refractivity contribution in [1.29, 1.82) is 0 Å². The lowest BCUT2D eigenvalue weighted by Gasteiger charge is -1.99. The van der Waals surface area contributed by atoms with Gasteiger partial charge in [0.2, 0.25) is 0 Å². The van der Waals surface area contributed by atoms with E-state index < -0.39 is 5.97 Å². The highest BCUT2D eigenvalue weighted by molar-refractivity contribution is 6.31. The van der Waals surface area contributed by atoms with E-state index in [4.69, 9.17) is 22.8 Å². The molecule has 1 heterocycles. The average molecular weight is 248 g/mol. The lowest BCUT2D eigenvalue weighted by atomic mass is 10.1. The minimum Gasteiger partial charge on any atom is -0.461 e. The molecule has 0 bridgehead atoms. The van der Waals surface area contributed by atoms with Gasteiger partial charge in [-0.1, -0.05) is 23.6 Å². The van der Waals surface area contributed by atoms with Crippen molar-refractivity contribution < 1.29 is 9.53 Å². The maximum Gasteiger partial charge on any atom is 0.356 e. The molecule has 0 unspecified atom stereocenters. The number of hydrogen-bond donors (Lipinski definition) is 1. The number of aromatic nitrogens is 1. The maximum atomic E-state index is 11.7. The van der Waals surface area contributed by atoms with Gasteiger partial charge in [-0.3, -0.25) is 0 Å². The first-order valence-corrected chi connectivity index (χ1v) is 5.50. The zero-order valence-corrected chi connectivity index (χ0v) is 9.97. The summed E-state index contributed by atoms with van der Waals surface area (Å²) in [6.45, 7) is 2.05. The van der Waals surface area contributed by atoms with Gasteiger partial charge in [0.15, 0.2) is 0 Å². The SMILES string of the molecule is C#Cc1c(C(=O)OCC)[nH]c2cc(Cl)ccc12. The topological polar surface area (TPSA) is 42.1 Å². The fraction of sp³-hybridized carbons (Fsp3) is 0.154. The van der Waals surface area contributed by atoms with E-state index in [9.17, 15) is 4.79 Å². The Labute approximate surface area is 104 Å². The zero-order chi connectivity index (χ0) is 12.4. The van der Waals surface area contributed by atoms with Crippen molar-refractivity contribution >= 4 is 28.5 Å². The van der Waals surface area contributed by atoms with Crippen LogP contribution in [0.25, 0.3) is 10.9 Å². The van der Waals surface area contributed by atoms with Crippen molar-refractivity contribution in [3.05, 3.63) is 34.5 Å². The van der Waals surface area contributed by atoms with Gasteiger partial charge in [0.05, 0.1) is 12.2 Å². The highest BCUT2D eigenvalue weighted by Gasteiger charge is 2.17. The van der Waals surface area contributed by atoms with Crippen LogP contribution in [0.5, 0.6) is 0 Å². The van der Waals surface area contributed by atoms with E-state index in [0.717, 1.165) is 10.9 Å². The van der Waals surface area contributed by atoms with Crippen LogP contribution in [0.3, 0.4) is 0 Å². The summed E-state index contributed by atoms with van der Waals surface area (Å²) in [5.74, 6) is 2.05. The number of carbonyl (C=O) groups is 1. The number of fused-ring (bicyclic) bond motifs is 1. The van der Waals surface area contributed by atoms with Crippen LogP contribution >= 0.6 is 11.6 Å². The quantitative estimate of drug-likeness (QED) is 0.655. The first kappa shape index (κ1) is 11.6. The molecule has 3 nitrogen and oxygen atoms in total. The van der Waals surface area contributed by atoms with Crippen LogP contribution < -0.4 is 0 Å². The molecule has 0 amide bonds. The normalized spacial score (nSPS) is 10.2. The van der Waals surface area contributed by atoms with Crippen LogP contribution in [0.2, 0.25) is 5.02 Å². The number of H-pyrrole nitrogens is 1. The molecule has 0 saturated heterocycles. The maximum absolute atomic E-state index is 11.7. The summed E-state index contributed by atoms with van der Waals surface area (Å²) < 4.78 is 4.93. The van der Waals surface area contributed by atoms with Gasteiger partial charge in [-0.2, -0.15) is 0 Å². The van der Waals surface area contributed by atoms with Crippen LogP contribution in [0, 0.1) is 12.3 Å². The smallest absolute Gasteiger partial charge is 0.356 e. The van der Waals surface area contributed by atoms with E-state index in [0.29, 0.717) is 22.9 Å². The van der Waals surface area contributed by atoms with Gasteiger partial charge in [0, 0.05) is 15.9 Å². The molecule has 86 valence electrons. The molecule has 0 spiro atoms. The Morgan fingerprint density at radius 2 is 2.35 bits per heavy atom. The average Bonchev–Trinajstić information content (AvgIpc) is 2.66. The molecule has 1 N–H and O–H groups in total. The minimum atomic E-state index is -0.451. The Balaban J connectivity index is 2.64. The molecule has 0 aliphatic carbocycles. The zero-order valence-electron chi connectivity index (χ0n) is 9.21. The number of esters is 1. The van der Waals surface area contributed by atoms with Crippen LogP contribution in [-0.2, 0) is 4.74 Å². The fourth-order valence-corrected chi connectivity index (χ4v) is 1.85. The van der Waals surface area contributed by atoms with Gasteiger partial charge >= 0.3 is 5.97 Å². The van der Waals surface area contributed by atoms with Gasteiger partial charge < -0.3 is 9.72 Å². The standard InChI is InChI=1S/C13H10ClNO2/c1-3-9-10-6-5-8(14)7-11(10)15-12(9)13(16)17-4-2/h1,5-7,15H,4H2,2H3. The molecule has 4 heteroatoms. The van der Waals surface area contributed by atoms with Crippen LogP contribution in [0.4, 0.5) is 0 Å². The highest BCUT2D eigenvalue weighted by Crippen LogP contribution is 2.25. The molecule has 1 aromatic carbocycles. The van der Waals surface area contributed by atoms with E-state index in [2.05, 4.69) is 10.9 Å². The van der Waals surface area contributed by atoms with Crippen LogP contribution in [0.15, 0.2) is 18.2 Å². The molecule has 1 aromatic heterocycles. The number of benzene rings is 1. The number of hydrogen-bond acceptors (Lipinski definition) is 2. The number of ether oxygens (including phenoxy) is 1. The highest BCUT2D eigenvalue weighted by atomic mass is 35.5. The third-order valence-electron chi connectivity index (χ3n) is 2.38. The van der Waals surface area contributed by atoms with Crippen molar-refractivity contribution in [2.24, 2.45) is 0 Å². The summed E-state index contributed by atoms with van der Waals surface area (Å²) in [7, 11) is 0. The number of nitrogens with one attached hydrogen (secondary N) is 1. The second-order valence-corrected chi connectivity index (χ2v) is 3.87. The summed E-state index contributed by atoms with van der Waals surface area (Å²) in [5, 5.41) is 1.37. The number of terminal acetylenes is 1. The second kappa shape index (κ2) is 4.52. The van der Waals surface area contributed by atoms with Crippen molar-refractivity contribution in [1.82, 2.24) is 4.98 Å². The molecule has 0 radical (unpaired) electrons. The first-order valence-electron chi connectivity index (χ1n) is 5.12. The largest absolute Gasteiger partial charge is 0.461 e. The summed E-state index contributed by atoms with van der Waals surface area (Å²) in [5.41, 5.74) is 1.54. The minimum absolute atomic E-state index is 0.298. The number of rotatable bonds is 2. The molecule has 0 fully saturated rings. The Morgan fingerprint density at radius 3 is 3.00 bits per heavy atom. The van der Waals surface area contributed by atoms with Crippen molar-refractivity contribution in [2.75, 3.05) is 6.61 Å². The van der Waals surface area contributed by atoms with Crippen molar-refractivity contribution in [3.63, 3.8) is 0 Å². The Hall–Kier alpha value is -1.92. The lowest BCUT2D eigenvalue weighted by Crippen LogP contribution is -2.06. The van der Waals surface area contributed by atoms with Gasteiger partial charge in [-0.05, 0) is 19.1 Å². The molecule has 0 aliphatic rings. The molecule has 2 rings (SSSR count). The lowest BCUT2D eigenvalue weighted by molar-refractivity contribution is 0.0520. The Kier molecular flexibility index (Phi) is 3.08. The van der Waals surface area contributed by atoms with Crippen molar-refractivity contribution in [3.8, 4) is 12.3 Å². The summed E-state index contributed by atoms with van der Waals surface area (Å²) in [6, 6.07) is 5.24. The Morgan fingerprint density at radius 1 is 1.59 bits per heavy atom. The third kappa shape index (κ3) is 2.00. The van der Waals surface area contributed by atoms with E-state index in [1.165, 1.54) is 0 Å². The van der Waals surface area contributed by atoms with Gasteiger partial charge in [0.1, 0.15) is 5.69 Å². The number of halogens is 1. The van der Waals surface area contributed by atoms with E-state index in [1.54, 1.807) is 25.1 Å². The summed E-state index contributed by atoms with van der Waals surface area (Å²) >= 11 is 5.88. The monoisotopic (exact) mass is 247 g/mol. The fourth-order valence-electron chi connectivity index (χ4n) is 1.68. The third-order valence-corrected chi connectivity index (χ3v) is 2.62. The van der Waals surface area contributed by atoms with Gasteiger partial charge in [0.25, 0.3) is 0 Å². The van der Waals surface area contributed by atoms with Crippen LogP contribution in [0.1, 0.15) is 23.0 Å². The predicted octanol–water partition coefficient (Wildman–Crippen LogP) is 2.98. The molecule has 0 atom stereocenters. The Bertz CT molecular complexity index is 622. The van der Waals surface area contributed by atoms with Crippen molar-refractivity contribution in [2.45, 2.75) is 6.92 Å². The molecular weight excluding hydrogens is 238 g/mol. The summed E-state index contributed by atoms with van der Waals surface area (Å²) in [4.78, 5) is 14.6. The number of aromatic amines is 1. The van der Waals surface area contributed by atoms with Gasteiger partial charge in [-0.25, -0.2) is 4.79 Å². The van der Waals surface area contributed by atoms with E-state index in [-0.39, 0.29) is 0 Å². The summed E-state index contributed by atoms with van der Waals surface area (Å²) in [6.07, 6.45) is 5.42. The predicted molar refractivity (Wildman–Crippen MR) is 67.2 cm³/mol. The molecule has 0 saturated carbocycles. The van der Waals surface area contributed by atoms with E-state index >= 15 is 0 Å². The second-order valence-electron chi connectivity index (χ2n) is 3.43. The molecule has 2 aromatic rings.